The first-order valence-corrected chi connectivity index (χ1v) is 7.97. The van der Waals surface area contributed by atoms with Gasteiger partial charge in [-0.05, 0) is 43.4 Å². The van der Waals surface area contributed by atoms with E-state index in [0.29, 0.717) is 29.0 Å². The Morgan fingerprint density at radius 2 is 1.95 bits per heavy atom. The molecule has 1 aromatic rings. The summed E-state index contributed by atoms with van der Waals surface area (Å²) in [7, 11) is 0. The van der Waals surface area contributed by atoms with Crippen molar-refractivity contribution in [1.29, 1.82) is 0 Å². The maximum absolute atomic E-state index is 13.3. The molecule has 1 aromatic carbocycles. The molecule has 0 N–H and O–H groups in total. The first kappa shape index (κ1) is 15.7. The Hall–Kier alpha value is -0.710. The van der Waals surface area contributed by atoms with Gasteiger partial charge >= 0.3 is 6.18 Å². The highest BCUT2D eigenvalue weighted by molar-refractivity contribution is 9.08. The second kappa shape index (κ2) is 5.96. The first-order chi connectivity index (χ1) is 9.32. The third-order valence-electron chi connectivity index (χ3n) is 3.95. The van der Waals surface area contributed by atoms with Crippen molar-refractivity contribution in [2.45, 2.75) is 44.2 Å². The summed E-state index contributed by atoms with van der Waals surface area (Å²) in [6.07, 6.45) is -2.29. The fraction of sp³-hybridized carbons (Fsp3) is 0.600. The van der Waals surface area contributed by atoms with Gasteiger partial charge in [-0.1, -0.05) is 28.9 Å². The van der Waals surface area contributed by atoms with Gasteiger partial charge in [0.2, 0.25) is 0 Å². The summed E-state index contributed by atoms with van der Waals surface area (Å²) < 4.78 is 39.9. The molecule has 2 unspecified atom stereocenters. The van der Waals surface area contributed by atoms with Crippen molar-refractivity contribution in [1.82, 2.24) is 0 Å². The van der Waals surface area contributed by atoms with Crippen LogP contribution in [0.25, 0.3) is 0 Å². The minimum atomic E-state index is -4.31. The van der Waals surface area contributed by atoms with Gasteiger partial charge in [-0.3, -0.25) is 0 Å². The van der Waals surface area contributed by atoms with Gasteiger partial charge in [0.25, 0.3) is 0 Å². The standard InChI is InChI=1S/C15H19BrF3N/c1-10-3-4-11(2)20(9-10)14-6-5-12(8-16)7-13(14)15(17,18)19/h5-7,10-11H,3-4,8-9H2,1-2H3. The van der Waals surface area contributed by atoms with Crippen molar-refractivity contribution >= 4 is 21.6 Å². The molecule has 1 aliphatic rings. The molecule has 1 heterocycles. The van der Waals surface area contributed by atoms with Crippen LogP contribution in [-0.2, 0) is 11.5 Å². The summed E-state index contributed by atoms with van der Waals surface area (Å²) in [5.74, 6) is 0.433. The molecule has 1 fully saturated rings. The van der Waals surface area contributed by atoms with E-state index in [1.807, 2.05) is 11.8 Å². The molecule has 0 aliphatic carbocycles. The van der Waals surface area contributed by atoms with Gasteiger partial charge in [0.05, 0.1) is 5.56 Å². The molecule has 20 heavy (non-hydrogen) atoms. The minimum absolute atomic E-state index is 0.155. The van der Waals surface area contributed by atoms with Gasteiger partial charge in [0.1, 0.15) is 0 Å². The lowest BCUT2D eigenvalue weighted by atomic mass is 9.93. The van der Waals surface area contributed by atoms with Crippen LogP contribution in [0, 0.1) is 5.92 Å². The van der Waals surface area contributed by atoms with Crippen LogP contribution in [0.5, 0.6) is 0 Å². The highest BCUT2D eigenvalue weighted by Crippen LogP contribution is 2.40. The quantitative estimate of drug-likeness (QED) is 0.661. The second-order valence-corrected chi connectivity index (χ2v) is 6.23. The number of alkyl halides is 4. The van der Waals surface area contributed by atoms with Crippen LogP contribution in [-0.4, -0.2) is 12.6 Å². The number of anilines is 1. The molecule has 1 saturated heterocycles. The van der Waals surface area contributed by atoms with Gasteiger partial charge in [-0.2, -0.15) is 13.2 Å². The van der Waals surface area contributed by atoms with Gasteiger partial charge < -0.3 is 4.90 Å². The Morgan fingerprint density at radius 1 is 1.25 bits per heavy atom. The highest BCUT2D eigenvalue weighted by atomic mass is 79.9. The summed E-state index contributed by atoms with van der Waals surface area (Å²) in [4.78, 5) is 1.91. The number of hydrogen-bond acceptors (Lipinski definition) is 1. The van der Waals surface area contributed by atoms with Gasteiger partial charge in [0.15, 0.2) is 0 Å². The predicted octanol–water partition coefficient (Wildman–Crippen LogP) is 5.23. The predicted molar refractivity (Wildman–Crippen MR) is 79.3 cm³/mol. The van der Waals surface area contributed by atoms with E-state index in [2.05, 4.69) is 22.9 Å². The van der Waals surface area contributed by atoms with E-state index in [-0.39, 0.29) is 6.04 Å². The molecule has 0 spiro atoms. The Balaban J connectivity index is 2.44. The van der Waals surface area contributed by atoms with Crippen molar-refractivity contribution < 1.29 is 13.2 Å². The van der Waals surface area contributed by atoms with Crippen LogP contribution in [0.4, 0.5) is 18.9 Å². The molecular formula is C15H19BrF3N. The fourth-order valence-electron chi connectivity index (χ4n) is 2.77. The molecule has 0 radical (unpaired) electrons. The van der Waals surface area contributed by atoms with Crippen LogP contribution < -0.4 is 4.90 Å². The lowest BCUT2D eigenvalue weighted by Gasteiger charge is -2.39. The molecule has 0 bridgehead atoms. The topological polar surface area (TPSA) is 3.24 Å². The van der Waals surface area contributed by atoms with E-state index in [1.54, 1.807) is 12.1 Å². The van der Waals surface area contributed by atoms with Crippen LogP contribution in [0.3, 0.4) is 0 Å². The lowest BCUT2D eigenvalue weighted by molar-refractivity contribution is -0.137. The van der Waals surface area contributed by atoms with Crippen LogP contribution in [0.2, 0.25) is 0 Å². The number of nitrogens with zero attached hydrogens (tertiary/aromatic N) is 1. The van der Waals surface area contributed by atoms with E-state index < -0.39 is 11.7 Å². The molecular weight excluding hydrogens is 331 g/mol. The van der Waals surface area contributed by atoms with E-state index >= 15 is 0 Å². The number of rotatable bonds is 2. The van der Waals surface area contributed by atoms with Gasteiger partial charge in [0, 0.05) is 23.6 Å². The smallest absolute Gasteiger partial charge is 0.368 e. The zero-order valence-electron chi connectivity index (χ0n) is 11.7. The number of benzene rings is 1. The van der Waals surface area contributed by atoms with Crippen LogP contribution >= 0.6 is 15.9 Å². The van der Waals surface area contributed by atoms with Crippen molar-refractivity contribution in [3.63, 3.8) is 0 Å². The molecule has 1 aliphatic heterocycles. The van der Waals surface area contributed by atoms with Crippen molar-refractivity contribution in [2.75, 3.05) is 11.4 Å². The fourth-order valence-corrected chi connectivity index (χ4v) is 3.12. The largest absolute Gasteiger partial charge is 0.418 e. The first-order valence-electron chi connectivity index (χ1n) is 6.85. The Kier molecular flexibility index (Phi) is 4.67. The SMILES string of the molecule is CC1CCC(C)N(c2ccc(CBr)cc2C(F)(F)F)C1. The normalized spacial score (nSPS) is 24.0. The van der Waals surface area contributed by atoms with E-state index in [4.69, 9.17) is 0 Å². The molecule has 2 rings (SSSR count). The zero-order chi connectivity index (χ0) is 14.9. The minimum Gasteiger partial charge on any atom is -0.368 e. The average Bonchev–Trinajstić information content (AvgIpc) is 2.40. The van der Waals surface area contributed by atoms with Crippen LogP contribution in [0.15, 0.2) is 18.2 Å². The summed E-state index contributed by atoms with van der Waals surface area (Å²) in [5, 5.41) is 0.433. The third kappa shape index (κ3) is 3.30. The Labute approximate surface area is 126 Å². The van der Waals surface area contributed by atoms with Gasteiger partial charge in [-0.15, -0.1) is 0 Å². The Morgan fingerprint density at radius 3 is 2.55 bits per heavy atom. The summed E-state index contributed by atoms with van der Waals surface area (Å²) in [6, 6.07) is 4.80. The second-order valence-electron chi connectivity index (χ2n) is 5.67. The molecule has 0 amide bonds. The van der Waals surface area contributed by atoms with E-state index in [1.165, 1.54) is 6.07 Å². The lowest BCUT2D eigenvalue weighted by Crippen LogP contribution is -2.42. The van der Waals surface area contributed by atoms with Crippen molar-refractivity contribution in [3.05, 3.63) is 29.3 Å². The molecule has 1 nitrogen and oxygen atoms in total. The van der Waals surface area contributed by atoms with Crippen molar-refractivity contribution in [2.24, 2.45) is 5.92 Å². The maximum atomic E-state index is 13.3. The zero-order valence-corrected chi connectivity index (χ0v) is 13.3. The Bertz CT molecular complexity index is 473. The molecule has 0 saturated carbocycles. The summed E-state index contributed by atoms with van der Waals surface area (Å²) >= 11 is 3.22. The molecule has 5 heteroatoms. The van der Waals surface area contributed by atoms with Crippen LogP contribution in [0.1, 0.15) is 37.8 Å². The van der Waals surface area contributed by atoms with E-state index in [0.717, 1.165) is 12.8 Å². The average molecular weight is 350 g/mol. The summed E-state index contributed by atoms with van der Waals surface area (Å²) in [6.45, 7) is 4.79. The molecule has 2 atom stereocenters. The number of piperidine rings is 1. The number of halogens is 4. The maximum Gasteiger partial charge on any atom is 0.418 e. The highest BCUT2D eigenvalue weighted by Gasteiger charge is 2.36. The third-order valence-corrected chi connectivity index (χ3v) is 4.60. The molecule has 112 valence electrons. The summed E-state index contributed by atoms with van der Waals surface area (Å²) in [5.41, 5.74) is 0.454. The van der Waals surface area contributed by atoms with E-state index in [9.17, 15) is 13.2 Å². The van der Waals surface area contributed by atoms with Crippen molar-refractivity contribution in [3.8, 4) is 0 Å². The monoisotopic (exact) mass is 349 g/mol. The molecule has 0 aromatic heterocycles. The van der Waals surface area contributed by atoms with Gasteiger partial charge in [-0.25, -0.2) is 0 Å². The number of hydrogen-bond donors (Lipinski definition) is 0.